The first-order valence-electron chi connectivity index (χ1n) is 8.61. The second-order valence-electron chi connectivity index (χ2n) is 5.99. The highest BCUT2D eigenvalue weighted by Gasteiger charge is 2.07. The van der Waals surface area contributed by atoms with Gasteiger partial charge >= 0.3 is 0 Å². The highest BCUT2D eigenvalue weighted by atomic mass is 35.5. The first-order valence-corrected chi connectivity index (χ1v) is 8.99. The van der Waals surface area contributed by atoms with E-state index < -0.39 is 0 Å². The number of nitrogens with one attached hydrogen (secondary N) is 3. The van der Waals surface area contributed by atoms with Crippen molar-refractivity contribution in [3.05, 3.63) is 64.7 Å². The van der Waals surface area contributed by atoms with Crippen molar-refractivity contribution in [3.63, 3.8) is 0 Å². The van der Waals surface area contributed by atoms with E-state index in [4.69, 9.17) is 11.6 Å². The zero-order chi connectivity index (χ0) is 19.6. The second-order valence-corrected chi connectivity index (χ2v) is 6.43. The third-order valence-corrected chi connectivity index (χ3v) is 3.98. The summed E-state index contributed by atoms with van der Waals surface area (Å²) in [5.41, 5.74) is 2.04. The molecule has 0 atom stereocenters. The molecular weight excluding hydrogens is 366 g/mol. The largest absolute Gasteiger partial charge is 0.354 e. The Morgan fingerprint density at radius 2 is 1.67 bits per heavy atom. The van der Waals surface area contributed by atoms with Crippen molar-refractivity contribution < 1.29 is 14.4 Å². The lowest BCUT2D eigenvalue weighted by Crippen LogP contribution is -2.34. The van der Waals surface area contributed by atoms with Gasteiger partial charge in [0.05, 0.1) is 0 Å². The standard InChI is InChI=1S/C20H22ClN3O3/c1-14(25)24-18-4-2-3-16(13-18)20(27)23-12-11-22-19(26)10-7-15-5-8-17(21)9-6-15/h2-6,8-9,13H,7,10-12H2,1H3,(H,22,26)(H,23,27)(H,24,25). The van der Waals surface area contributed by atoms with Gasteiger partial charge in [0.2, 0.25) is 11.8 Å². The summed E-state index contributed by atoms with van der Waals surface area (Å²) in [6, 6.07) is 14.0. The van der Waals surface area contributed by atoms with Crippen LogP contribution < -0.4 is 16.0 Å². The van der Waals surface area contributed by atoms with E-state index in [2.05, 4.69) is 16.0 Å². The number of rotatable bonds is 8. The lowest BCUT2D eigenvalue weighted by molar-refractivity contribution is -0.121. The normalized spacial score (nSPS) is 10.1. The van der Waals surface area contributed by atoms with Crippen LogP contribution in [-0.4, -0.2) is 30.8 Å². The summed E-state index contributed by atoms with van der Waals surface area (Å²) >= 11 is 5.83. The van der Waals surface area contributed by atoms with Crippen LogP contribution in [0.3, 0.4) is 0 Å². The van der Waals surface area contributed by atoms with Crippen LogP contribution in [0.15, 0.2) is 48.5 Å². The minimum Gasteiger partial charge on any atom is -0.354 e. The van der Waals surface area contributed by atoms with Gasteiger partial charge in [-0.2, -0.15) is 0 Å². The van der Waals surface area contributed by atoms with Crippen LogP contribution in [0.25, 0.3) is 0 Å². The van der Waals surface area contributed by atoms with Crippen molar-refractivity contribution in [3.8, 4) is 0 Å². The number of carbonyl (C=O) groups excluding carboxylic acids is 3. The zero-order valence-electron chi connectivity index (χ0n) is 15.0. The summed E-state index contributed by atoms with van der Waals surface area (Å²) in [6.07, 6.45) is 1.000. The fourth-order valence-electron chi connectivity index (χ4n) is 2.42. The van der Waals surface area contributed by atoms with Gasteiger partial charge in [-0.1, -0.05) is 29.8 Å². The predicted octanol–water partition coefficient (Wildman–Crippen LogP) is 2.78. The van der Waals surface area contributed by atoms with Crippen LogP contribution in [0.1, 0.15) is 29.3 Å². The van der Waals surface area contributed by atoms with E-state index in [0.29, 0.717) is 42.2 Å². The molecule has 3 N–H and O–H groups in total. The Labute approximate surface area is 163 Å². The first-order chi connectivity index (χ1) is 12.9. The molecule has 0 aliphatic rings. The number of hydrogen-bond acceptors (Lipinski definition) is 3. The molecule has 0 unspecified atom stereocenters. The van der Waals surface area contributed by atoms with Crippen LogP contribution in [-0.2, 0) is 16.0 Å². The highest BCUT2D eigenvalue weighted by molar-refractivity contribution is 6.30. The van der Waals surface area contributed by atoms with Crippen molar-refractivity contribution in [1.82, 2.24) is 10.6 Å². The minimum atomic E-state index is -0.266. The Hall–Kier alpha value is -2.86. The number of hydrogen-bond donors (Lipinski definition) is 3. The summed E-state index contributed by atoms with van der Waals surface area (Å²) in [5.74, 6) is -0.543. The molecule has 27 heavy (non-hydrogen) atoms. The van der Waals surface area contributed by atoms with Crippen LogP contribution in [0.5, 0.6) is 0 Å². The van der Waals surface area contributed by atoms with E-state index in [1.54, 1.807) is 36.4 Å². The van der Waals surface area contributed by atoms with Crippen molar-refractivity contribution in [2.45, 2.75) is 19.8 Å². The van der Waals surface area contributed by atoms with Crippen LogP contribution in [0.2, 0.25) is 5.02 Å². The van der Waals surface area contributed by atoms with Gasteiger partial charge < -0.3 is 16.0 Å². The molecule has 0 fully saturated rings. The van der Waals surface area contributed by atoms with Crippen LogP contribution in [0, 0.1) is 0 Å². The molecular formula is C20H22ClN3O3. The number of carbonyl (C=O) groups is 3. The van der Waals surface area contributed by atoms with Crippen molar-refractivity contribution in [1.29, 1.82) is 0 Å². The van der Waals surface area contributed by atoms with Crippen LogP contribution in [0.4, 0.5) is 5.69 Å². The third-order valence-electron chi connectivity index (χ3n) is 3.73. The highest BCUT2D eigenvalue weighted by Crippen LogP contribution is 2.11. The molecule has 0 aromatic heterocycles. The Morgan fingerprint density at radius 3 is 2.37 bits per heavy atom. The lowest BCUT2D eigenvalue weighted by atomic mass is 10.1. The Morgan fingerprint density at radius 1 is 0.963 bits per heavy atom. The van der Waals surface area contributed by atoms with E-state index >= 15 is 0 Å². The molecule has 0 bridgehead atoms. The smallest absolute Gasteiger partial charge is 0.251 e. The minimum absolute atomic E-state index is 0.0770. The molecule has 142 valence electrons. The maximum atomic E-state index is 12.1. The molecule has 0 saturated carbocycles. The van der Waals surface area contributed by atoms with Crippen molar-refractivity contribution >= 4 is 35.0 Å². The van der Waals surface area contributed by atoms with Crippen molar-refractivity contribution in [2.24, 2.45) is 0 Å². The number of aryl methyl sites for hydroxylation is 1. The maximum Gasteiger partial charge on any atom is 0.251 e. The van der Waals surface area contributed by atoms with Gasteiger partial charge in [0.1, 0.15) is 0 Å². The average Bonchev–Trinajstić information content (AvgIpc) is 2.64. The summed E-state index contributed by atoms with van der Waals surface area (Å²) in [5, 5.41) is 8.80. The molecule has 2 rings (SSSR count). The topological polar surface area (TPSA) is 87.3 Å². The SMILES string of the molecule is CC(=O)Nc1cccc(C(=O)NCCNC(=O)CCc2ccc(Cl)cc2)c1. The van der Waals surface area contributed by atoms with Gasteiger partial charge in [-0.3, -0.25) is 14.4 Å². The van der Waals surface area contributed by atoms with Gasteiger partial charge in [0.15, 0.2) is 0 Å². The monoisotopic (exact) mass is 387 g/mol. The number of anilines is 1. The quantitative estimate of drug-likeness (QED) is 0.608. The Bertz CT molecular complexity index is 806. The van der Waals surface area contributed by atoms with Gasteiger partial charge in [-0.05, 0) is 42.3 Å². The molecule has 2 aromatic rings. The molecule has 0 spiro atoms. The number of halogens is 1. The molecule has 0 saturated heterocycles. The predicted molar refractivity (Wildman–Crippen MR) is 106 cm³/mol. The lowest BCUT2D eigenvalue weighted by Gasteiger charge is -2.09. The number of benzene rings is 2. The molecule has 0 aliphatic heterocycles. The maximum absolute atomic E-state index is 12.1. The van der Waals surface area contributed by atoms with Gasteiger partial charge in [-0.25, -0.2) is 0 Å². The summed E-state index contributed by atoms with van der Waals surface area (Å²) < 4.78 is 0. The molecule has 3 amide bonds. The van der Waals surface area contributed by atoms with Crippen LogP contribution >= 0.6 is 11.6 Å². The molecule has 6 nitrogen and oxygen atoms in total. The number of amides is 3. The molecule has 0 heterocycles. The van der Waals surface area contributed by atoms with E-state index in [-0.39, 0.29) is 17.7 Å². The molecule has 0 radical (unpaired) electrons. The molecule has 2 aromatic carbocycles. The Balaban J connectivity index is 1.68. The zero-order valence-corrected chi connectivity index (χ0v) is 15.8. The first kappa shape index (κ1) is 20.5. The summed E-state index contributed by atoms with van der Waals surface area (Å²) in [4.78, 5) is 35.0. The molecule has 7 heteroatoms. The summed E-state index contributed by atoms with van der Waals surface area (Å²) in [7, 11) is 0. The Kier molecular flexibility index (Phi) is 7.82. The van der Waals surface area contributed by atoms with E-state index in [9.17, 15) is 14.4 Å². The van der Waals surface area contributed by atoms with Crippen molar-refractivity contribution in [2.75, 3.05) is 18.4 Å². The van der Waals surface area contributed by atoms with E-state index in [1.807, 2.05) is 12.1 Å². The van der Waals surface area contributed by atoms with Gasteiger partial charge in [0, 0.05) is 42.7 Å². The fraction of sp³-hybridized carbons (Fsp3) is 0.250. The second kappa shape index (κ2) is 10.3. The summed E-state index contributed by atoms with van der Waals surface area (Å²) in [6.45, 7) is 2.06. The van der Waals surface area contributed by atoms with Gasteiger partial charge in [-0.15, -0.1) is 0 Å². The third kappa shape index (κ3) is 7.50. The van der Waals surface area contributed by atoms with E-state index in [0.717, 1.165) is 5.56 Å². The fourth-order valence-corrected chi connectivity index (χ4v) is 2.54. The van der Waals surface area contributed by atoms with E-state index in [1.165, 1.54) is 6.92 Å². The average molecular weight is 388 g/mol. The molecule has 0 aliphatic carbocycles. The van der Waals surface area contributed by atoms with Gasteiger partial charge in [0.25, 0.3) is 5.91 Å².